The molecule has 0 unspecified atom stereocenters. The fourth-order valence-electron chi connectivity index (χ4n) is 3.21. The smallest absolute Gasteiger partial charge is 0.251 e. The van der Waals surface area contributed by atoms with Gasteiger partial charge in [-0.2, -0.15) is 0 Å². The van der Waals surface area contributed by atoms with Gasteiger partial charge in [-0.05, 0) is 60.5 Å². The summed E-state index contributed by atoms with van der Waals surface area (Å²) in [6.07, 6.45) is 1.19. The molecule has 2 N–H and O–H groups in total. The molecule has 152 valence electrons. The second-order valence-electron chi connectivity index (χ2n) is 6.91. The molecule has 2 amide bonds. The van der Waals surface area contributed by atoms with E-state index in [4.69, 9.17) is 9.47 Å². The monoisotopic (exact) mass is 402 g/mol. The van der Waals surface area contributed by atoms with Crippen LogP contribution in [0.15, 0.2) is 72.8 Å². The summed E-state index contributed by atoms with van der Waals surface area (Å²) in [7, 11) is 0. The summed E-state index contributed by atoms with van der Waals surface area (Å²) in [6, 6.07) is 22.1. The van der Waals surface area contributed by atoms with Crippen molar-refractivity contribution in [2.24, 2.45) is 0 Å². The Kier molecular flexibility index (Phi) is 5.94. The molecule has 3 aromatic carbocycles. The third kappa shape index (κ3) is 4.97. The highest BCUT2D eigenvalue weighted by Gasteiger charge is 2.15. The van der Waals surface area contributed by atoms with E-state index in [0.29, 0.717) is 43.1 Å². The molecular weight excluding hydrogens is 380 g/mol. The quantitative estimate of drug-likeness (QED) is 0.582. The number of ether oxygens (including phenoxy) is 2. The van der Waals surface area contributed by atoms with Gasteiger partial charge in [0.1, 0.15) is 23.9 Å². The standard InChI is InChI=1S/C24H22N2O4/c27-23-12-9-17-15-20(10-11-22(17)26-23)29-14-13-25-24(28)18-5-4-8-21(16-18)30-19-6-2-1-3-7-19/h1-8,10-11,15-16H,9,12-14H2,(H,25,28)(H,26,27). The highest BCUT2D eigenvalue weighted by Crippen LogP contribution is 2.26. The lowest BCUT2D eigenvalue weighted by atomic mass is 10.0. The topological polar surface area (TPSA) is 76.7 Å². The van der Waals surface area contributed by atoms with Crippen molar-refractivity contribution in [3.63, 3.8) is 0 Å². The van der Waals surface area contributed by atoms with Gasteiger partial charge in [0.2, 0.25) is 5.91 Å². The second-order valence-corrected chi connectivity index (χ2v) is 6.91. The van der Waals surface area contributed by atoms with Gasteiger partial charge in [-0.15, -0.1) is 0 Å². The van der Waals surface area contributed by atoms with Crippen molar-refractivity contribution < 1.29 is 19.1 Å². The van der Waals surface area contributed by atoms with Crippen LogP contribution >= 0.6 is 0 Å². The molecule has 0 saturated carbocycles. The molecule has 0 bridgehead atoms. The van der Waals surface area contributed by atoms with Crippen LogP contribution in [-0.2, 0) is 11.2 Å². The van der Waals surface area contributed by atoms with Crippen molar-refractivity contribution in [2.45, 2.75) is 12.8 Å². The van der Waals surface area contributed by atoms with Crippen molar-refractivity contribution >= 4 is 17.5 Å². The first kappa shape index (κ1) is 19.5. The Balaban J connectivity index is 1.27. The third-order valence-corrected chi connectivity index (χ3v) is 4.70. The van der Waals surface area contributed by atoms with Crippen LogP contribution in [0.2, 0.25) is 0 Å². The van der Waals surface area contributed by atoms with E-state index in [0.717, 1.165) is 17.0 Å². The van der Waals surface area contributed by atoms with Crippen LogP contribution in [0.4, 0.5) is 5.69 Å². The van der Waals surface area contributed by atoms with Crippen LogP contribution in [0.25, 0.3) is 0 Å². The minimum absolute atomic E-state index is 0.0390. The van der Waals surface area contributed by atoms with Crippen molar-refractivity contribution in [2.75, 3.05) is 18.5 Å². The van der Waals surface area contributed by atoms with Gasteiger partial charge in [0, 0.05) is 17.7 Å². The largest absolute Gasteiger partial charge is 0.492 e. The number of benzene rings is 3. The predicted octanol–water partition coefficient (Wildman–Crippen LogP) is 4.17. The molecule has 0 saturated heterocycles. The maximum Gasteiger partial charge on any atom is 0.251 e. The summed E-state index contributed by atoms with van der Waals surface area (Å²) < 4.78 is 11.5. The van der Waals surface area contributed by atoms with Crippen LogP contribution in [0, 0.1) is 0 Å². The van der Waals surface area contributed by atoms with E-state index >= 15 is 0 Å². The molecule has 1 aliphatic rings. The number of carbonyl (C=O) groups excluding carboxylic acids is 2. The number of rotatable bonds is 7. The Bertz CT molecular complexity index is 1050. The lowest BCUT2D eigenvalue weighted by Gasteiger charge is -2.17. The molecule has 4 rings (SSSR count). The van der Waals surface area contributed by atoms with Crippen LogP contribution < -0.4 is 20.1 Å². The number of nitrogens with one attached hydrogen (secondary N) is 2. The van der Waals surface area contributed by atoms with Crippen LogP contribution in [-0.4, -0.2) is 25.0 Å². The van der Waals surface area contributed by atoms with Gasteiger partial charge >= 0.3 is 0 Å². The molecule has 1 aliphatic heterocycles. The first-order valence-corrected chi connectivity index (χ1v) is 9.84. The third-order valence-electron chi connectivity index (χ3n) is 4.70. The molecule has 6 heteroatoms. The van der Waals surface area contributed by atoms with E-state index in [1.54, 1.807) is 18.2 Å². The number of para-hydroxylation sites is 1. The van der Waals surface area contributed by atoms with E-state index in [9.17, 15) is 9.59 Å². The Labute approximate surface area is 174 Å². The van der Waals surface area contributed by atoms with Crippen molar-refractivity contribution in [3.8, 4) is 17.2 Å². The predicted molar refractivity (Wildman–Crippen MR) is 114 cm³/mol. The lowest BCUT2D eigenvalue weighted by Crippen LogP contribution is -2.28. The summed E-state index contributed by atoms with van der Waals surface area (Å²) in [6.45, 7) is 0.716. The summed E-state index contributed by atoms with van der Waals surface area (Å²) in [5.74, 6) is 1.89. The van der Waals surface area contributed by atoms with Gasteiger partial charge < -0.3 is 20.1 Å². The fraction of sp³-hybridized carbons (Fsp3) is 0.167. The van der Waals surface area contributed by atoms with Gasteiger partial charge in [-0.3, -0.25) is 9.59 Å². The molecule has 0 radical (unpaired) electrons. The van der Waals surface area contributed by atoms with Gasteiger partial charge in [0.25, 0.3) is 5.91 Å². The maximum atomic E-state index is 12.4. The van der Waals surface area contributed by atoms with E-state index in [-0.39, 0.29) is 11.8 Å². The van der Waals surface area contributed by atoms with Crippen LogP contribution in [0.1, 0.15) is 22.3 Å². The number of amides is 2. The Hall–Kier alpha value is -3.80. The molecule has 1 heterocycles. The number of fused-ring (bicyclic) bond motifs is 1. The Morgan fingerprint density at radius 2 is 1.73 bits per heavy atom. The lowest BCUT2D eigenvalue weighted by molar-refractivity contribution is -0.116. The molecule has 0 aromatic heterocycles. The molecule has 30 heavy (non-hydrogen) atoms. The van der Waals surface area contributed by atoms with E-state index < -0.39 is 0 Å². The molecule has 0 aliphatic carbocycles. The summed E-state index contributed by atoms with van der Waals surface area (Å²) >= 11 is 0. The SMILES string of the molecule is O=C1CCc2cc(OCCNC(=O)c3cccc(Oc4ccccc4)c3)ccc2N1. The number of anilines is 1. The maximum absolute atomic E-state index is 12.4. The number of hydrogen-bond acceptors (Lipinski definition) is 4. The van der Waals surface area contributed by atoms with E-state index in [1.807, 2.05) is 54.6 Å². The Morgan fingerprint density at radius 3 is 2.60 bits per heavy atom. The van der Waals surface area contributed by atoms with Gasteiger partial charge in [-0.1, -0.05) is 24.3 Å². The molecule has 0 fully saturated rings. The van der Waals surface area contributed by atoms with E-state index in [1.165, 1.54) is 0 Å². The first-order chi connectivity index (χ1) is 14.7. The molecular formula is C24H22N2O4. The first-order valence-electron chi connectivity index (χ1n) is 9.84. The summed E-state index contributed by atoms with van der Waals surface area (Å²) in [5.41, 5.74) is 2.42. The molecule has 0 spiro atoms. The number of carbonyl (C=O) groups is 2. The summed E-state index contributed by atoms with van der Waals surface area (Å²) in [5, 5.41) is 5.70. The van der Waals surface area contributed by atoms with Crippen LogP contribution in [0.3, 0.4) is 0 Å². The minimum Gasteiger partial charge on any atom is -0.492 e. The zero-order valence-electron chi connectivity index (χ0n) is 16.4. The Morgan fingerprint density at radius 1 is 0.900 bits per heavy atom. The van der Waals surface area contributed by atoms with Gasteiger partial charge in [0.05, 0.1) is 6.54 Å². The number of hydrogen-bond donors (Lipinski definition) is 2. The highest BCUT2D eigenvalue weighted by molar-refractivity contribution is 5.94. The molecule has 3 aromatic rings. The fourth-order valence-corrected chi connectivity index (χ4v) is 3.21. The zero-order chi connectivity index (χ0) is 20.8. The average Bonchev–Trinajstić information content (AvgIpc) is 2.77. The highest BCUT2D eigenvalue weighted by atomic mass is 16.5. The van der Waals surface area contributed by atoms with Crippen molar-refractivity contribution in [1.82, 2.24) is 5.32 Å². The minimum atomic E-state index is -0.190. The van der Waals surface area contributed by atoms with Crippen LogP contribution in [0.5, 0.6) is 17.2 Å². The summed E-state index contributed by atoms with van der Waals surface area (Å²) in [4.78, 5) is 23.8. The second kappa shape index (κ2) is 9.13. The van der Waals surface area contributed by atoms with Crippen molar-refractivity contribution in [3.05, 3.63) is 83.9 Å². The van der Waals surface area contributed by atoms with E-state index in [2.05, 4.69) is 10.6 Å². The van der Waals surface area contributed by atoms with Gasteiger partial charge in [-0.25, -0.2) is 0 Å². The average molecular weight is 402 g/mol. The zero-order valence-corrected chi connectivity index (χ0v) is 16.4. The molecule has 0 atom stereocenters. The normalized spacial score (nSPS) is 12.5. The molecule has 6 nitrogen and oxygen atoms in total. The number of aryl methyl sites for hydroxylation is 1. The van der Waals surface area contributed by atoms with Gasteiger partial charge in [0.15, 0.2) is 0 Å². The van der Waals surface area contributed by atoms with Crippen molar-refractivity contribution in [1.29, 1.82) is 0 Å².